The summed E-state index contributed by atoms with van der Waals surface area (Å²) in [7, 11) is 0. The highest BCUT2D eigenvalue weighted by atomic mass is 15.3. The molecule has 0 aliphatic heterocycles. The predicted molar refractivity (Wildman–Crippen MR) is 137 cm³/mol. The van der Waals surface area contributed by atoms with Crippen LogP contribution < -0.4 is 0 Å². The van der Waals surface area contributed by atoms with Crippen LogP contribution in [0.2, 0.25) is 0 Å². The van der Waals surface area contributed by atoms with Crippen molar-refractivity contribution < 1.29 is 0 Å². The summed E-state index contributed by atoms with van der Waals surface area (Å²) in [6, 6.07) is 12.6. The Balaban J connectivity index is 2.12. The van der Waals surface area contributed by atoms with Gasteiger partial charge in [-0.3, -0.25) is 0 Å². The largest absolute Gasteiger partial charge is 0.226 e. The summed E-state index contributed by atoms with van der Waals surface area (Å²) in [4.78, 5) is 5.11. The lowest BCUT2D eigenvalue weighted by atomic mass is 9.93. The Morgan fingerprint density at radius 2 is 1.97 bits per heavy atom. The molecule has 0 N–H and O–H groups in total. The van der Waals surface area contributed by atoms with E-state index in [0.29, 0.717) is 11.3 Å². The fourth-order valence-corrected chi connectivity index (χ4v) is 4.44. The quantitative estimate of drug-likeness (QED) is 0.401. The maximum absolute atomic E-state index is 10.4. The molecule has 0 saturated carbocycles. The Morgan fingerprint density at radius 3 is 2.64 bits per heavy atom. The first-order chi connectivity index (χ1) is 16.1. The van der Waals surface area contributed by atoms with Gasteiger partial charge in [-0.15, -0.1) is 0 Å². The van der Waals surface area contributed by atoms with Gasteiger partial charge in [-0.05, 0) is 38.7 Å². The summed E-state index contributed by atoms with van der Waals surface area (Å²) < 4.78 is 1.97. The third-order valence-electron chi connectivity index (χ3n) is 6.18. The lowest BCUT2D eigenvalue weighted by Gasteiger charge is -2.14. The van der Waals surface area contributed by atoms with Crippen LogP contribution in [0, 0.1) is 18.3 Å². The summed E-state index contributed by atoms with van der Waals surface area (Å²) >= 11 is 0. The molecule has 0 saturated heterocycles. The van der Waals surface area contributed by atoms with Crippen LogP contribution in [0.5, 0.6) is 0 Å². The lowest BCUT2D eigenvalue weighted by molar-refractivity contribution is 0.823. The minimum absolute atomic E-state index is 0.595. The van der Waals surface area contributed by atoms with Gasteiger partial charge in [0, 0.05) is 16.8 Å². The van der Waals surface area contributed by atoms with E-state index in [1.807, 2.05) is 36.7 Å². The number of pyridine rings is 1. The molecule has 166 valence electrons. The Labute approximate surface area is 196 Å². The molecule has 0 unspecified atom stereocenters. The van der Waals surface area contributed by atoms with Crippen molar-refractivity contribution in [2.24, 2.45) is 0 Å². The molecule has 0 amide bonds. The summed E-state index contributed by atoms with van der Waals surface area (Å²) in [5.74, 6) is 0. The third-order valence-corrected chi connectivity index (χ3v) is 6.18. The van der Waals surface area contributed by atoms with E-state index in [2.05, 4.69) is 62.4 Å². The molecule has 0 bridgehead atoms. The number of hydrogen-bond donors (Lipinski definition) is 0. The van der Waals surface area contributed by atoms with E-state index in [9.17, 15) is 5.26 Å². The van der Waals surface area contributed by atoms with E-state index in [4.69, 9.17) is 10.1 Å². The molecular formula is C29H30N4. The van der Waals surface area contributed by atoms with Gasteiger partial charge in [0.1, 0.15) is 6.07 Å². The standard InChI is InChI=1S/C29H30N4/c1-5-12-24(7-3)33-29-26(20(4)32-33)27(22-14-9-8-10-15-22)25(19-30)28(31-29)23-16-11-13-21(6-2)17-18-23/h7-11,14-18H,5-6,12-13H2,1-4H3/b24-7+. The number of hydrogen-bond acceptors (Lipinski definition) is 3. The summed E-state index contributed by atoms with van der Waals surface area (Å²) in [6.07, 6.45) is 14.5. The zero-order valence-corrected chi connectivity index (χ0v) is 19.9. The van der Waals surface area contributed by atoms with Crippen LogP contribution in [0.25, 0.3) is 33.4 Å². The molecule has 0 atom stereocenters. The SMILES string of the molecule is C/C=C(\CCC)n1nc(C)c2c(-c3ccccc3)c(C#N)c(C3=CC=C(CC)CC=C3)nc21. The van der Waals surface area contributed by atoms with Crippen molar-refractivity contribution in [3.05, 3.63) is 83.2 Å². The van der Waals surface area contributed by atoms with E-state index in [-0.39, 0.29) is 0 Å². The number of allylic oxidation sites excluding steroid dienone is 8. The number of nitriles is 1. The van der Waals surface area contributed by atoms with Gasteiger partial charge < -0.3 is 0 Å². The van der Waals surface area contributed by atoms with Crippen molar-refractivity contribution in [2.75, 3.05) is 0 Å². The summed E-state index contributed by atoms with van der Waals surface area (Å²) in [5, 5.41) is 16.2. The maximum atomic E-state index is 10.4. The second kappa shape index (κ2) is 9.83. The predicted octanol–water partition coefficient (Wildman–Crippen LogP) is 7.62. The van der Waals surface area contributed by atoms with E-state index in [1.54, 1.807) is 0 Å². The molecule has 4 heteroatoms. The molecule has 0 fully saturated rings. The van der Waals surface area contributed by atoms with E-state index in [0.717, 1.165) is 64.8 Å². The minimum Gasteiger partial charge on any atom is -0.226 e. The van der Waals surface area contributed by atoms with Crippen LogP contribution in [0.15, 0.2) is 66.3 Å². The molecule has 2 aromatic heterocycles. The van der Waals surface area contributed by atoms with Crippen molar-refractivity contribution in [3.63, 3.8) is 0 Å². The van der Waals surface area contributed by atoms with Crippen molar-refractivity contribution in [1.29, 1.82) is 5.26 Å². The third kappa shape index (κ3) is 4.19. The van der Waals surface area contributed by atoms with Crippen molar-refractivity contribution in [1.82, 2.24) is 14.8 Å². The number of rotatable bonds is 6. The summed E-state index contributed by atoms with van der Waals surface area (Å²) in [6.45, 7) is 8.39. The zero-order chi connectivity index (χ0) is 23.4. The smallest absolute Gasteiger partial charge is 0.164 e. The van der Waals surface area contributed by atoms with Crippen LogP contribution in [0.3, 0.4) is 0 Å². The van der Waals surface area contributed by atoms with Crippen LogP contribution in [0.4, 0.5) is 0 Å². The van der Waals surface area contributed by atoms with Gasteiger partial charge in [-0.25, -0.2) is 9.67 Å². The Hall–Kier alpha value is -3.71. The minimum atomic E-state index is 0.595. The van der Waals surface area contributed by atoms with Crippen LogP contribution in [0.1, 0.15) is 63.4 Å². The van der Waals surface area contributed by atoms with Crippen LogP contribution in [-0.4, -0.2) is 14.8 Å². The van der Waals surface area contributed by atoms with E-state index in [1.165, 1.54) is 5.57 Å². The topological polar surface area (TPSA) is 54.5 Å². The second-order valence-corrected chi connectivity index (χ2v) is 8.32. The van der Waals surface area contributed by atoms with Crippen LogP contribution in [-0.2, 0) is 0 Å². The average molecular weight is 435 g/mol. The Kier molecular flexibility index (Phi) is 6.70. The van der Waals surface area contributed by atoms with Gasteiger partial charge in [-0.1, -0.05) is 86.6 Å². The van der Waals surface area contributed by atoms with Gasteiger partial charge >= 0.3 is 0 Å². The fraction of sp³-hybridized carbons (Fsp3) is 0.276. The number of aryl methyl sites for hydroxylation is 1. The molecule has 1 aliphatic rings. The number of nitrogens with zero attached hydrogens (tertiary/aromatic N) is 4. The summed E-state index contributed by atoms with van der Waals surface area (Å²) in [5.41, 5.74) is 8.35. The molecule has 33 heavy (non-hydrogen) atoms. The molecular weight excluding hydrogens is 404 g/mol. The number of aromatic nitrogens is 3. The number of benzene rings is 1. The first-order valence-corrected chi connectivity index (χ1v) is 11.7. The average Bonchev–Trinajstić information content (AvgIpc) is 3.01. The first kappa shape index (κ1) is 22.5. The molecule has 4 nitrogen and oxygen atoms in total. The molecule has 1 aromatic carbocycles. The zero-order valence-electron chi connectivity index (χ0n) is 19.9. The molecule has 2 heterocycles. The van der Waals surface area contributed by atoms with Gasteiger partial charge in [-0.2, -0.15) is 10.4 Å². The highest BCUT2D eigenvalue weighted by molar-refractivity contribution is 6.01. The number of fused-ring (bicyclic) bond motifs is 1. The highest BCUT2D eigenvalue weighted by Gasteiger charge is 2.24. The lowest BCUT2D eigenvalue weighted by Crippen LogP contribution is -2.04. The van der Waals surface area contributed by atoms with E-state index >= 15 is 0 Å². The molecule has 4 rings (SSSR count). The van der Waals surface area contributed by atoms with Crippen molar-refractivity contribution >= 4 is 22.3 Å². The van der Waals surface area contributed by atoms with Gasteiger partial charge in [0.25, 0.3) is 0 Å². The van der Waals surface area contributed by atoms with E-state index < -0.39 is 0 Å². The van der Waals surface area contributed by atoms with Crippen molar-refractivity contribution in [3.8, 4) is 17.2 Å². The molecule has 1 aliphatic carbocycles. The Morgan fingerprint density at radius 1 is 1.18 bits per heavy atom. The highest BCUT2D eigenvalue weighted by Crippen LogP contribution is 2.38. The monoisotopic (exact) mass is 434 g/mol. The molecule has 0 radical (unpaired) electrons. The van der Waals surface area contributed by atoms with Crippen molar-refractivity contribution in [2.45, 2.75) is 53.4 Å². The van der Waals surface area contributed by atoms with Crippen LogP contribution >= 0.6 is 0 Å². The maximum Gasteiger partial charge on any atom is 0.164 e. The van der Waals surface area contributed by atoms with Gasteiger partial charge in [0.05, 0.1) is 22.3 Å². The Bertz CT molecular complexity index is 1340. The molecule has 3 aromatic rings. The molecule has 0 spiro atoms. The fourth-order valence-electron chi connectivity index (χ4n) is 4.44. The van der Waals surface area contributed by atoms with Gasteiger partial charge in [0.15, 0.2) is 5.65 Å². The normalized spacial score (nSPS) is 14.1. The first-order valence-electron chi connectivity index (χ1n) is 11.7. The second-order valence-electron chi connectivity index (χ2n) is 8.32. The van der Waals surface area contributed by atoms with Gasteiger partial charge in [0.2, 0.25) is 0 Å².